The number of aliphatic hydroxyl groups is 1. The van der Waals surface area contributed by atoms with Crippen LogP contribution in [0.2, 0.25) is 0 Å². The molecule has 6 rings (SSSR count). The number of nitrogens with zero attached hydrogens (tertiary/aromatic N) is 1. The van der Waals surface area contributed by atoms with Gasteiger partial charge in [-0.1, -0.05) is 33.3 Å². The third-order valence-electron chi connectivity index (χ3n) is 11.2. The molecule has 2 heterocycles. The number of rotatable bonds is 11. The fourth-order valence-corrected chi connectivity index (χ4v) is 9.94. The molecule has 9 nitrogen and oxygen atoms in total. The Balaban J connectivity index is 1.38. The van der Waals surface area contributed by atoms with E-state index in [1.54, 1.807) is 25.6 Å². The van der Waals surface area contributed by atoms with E-state index < -0.39 is 12.4 Å². The molecular weight excluding hydrogens is 642 g/mol. The SMILES string of the molecule is CCCOc1ccc(-c2nc3c(s2)C2C[C@@H](OC(O)[C@H](COC)OC)C[C@H]2C2C=C4C(=O)[C@H](C)CCCC[C@H](CC)OC(=O)C[C@H]4[C@H]32)cc1. The highest BCUT2D eigenvalue weighted by Crippen LogP contribution is 2.62. The number of ketones is 1. The molecule has 1 saturated heterocycles. The van der Waals surface area contributed by atoms with Crippen molar-refractivity contribution in [1.82, 2.24) is 4.98 Å². The van der Waals surface area contributed by atoms with Crippen LogP contribution >= 0.6 is 11.3 Å². The summed E-state index contributed by atoms with van der Waals surface area (Å²) < 4.78 is 28.8. The number of methoxy groups -OCH3 is 2. The highest BCUT2D eigenvalue weighted by atomic mass is 32.1. The highest BCUT2D eigenvalue weighted by molar-refractivity contribution is 7.15. The topological polar surface area (TPSA) is 113 Å². The number of ether oxygens (including phenoxy) is 5. The van der Waals surface area contributed by atoms with Crippen molar-refractivity contribution in [3.63, 3.8) is 0 Å². The number of esters is 1. The Labute approximate surface area is 294 Å². The summed E-state index contributed by atoms with van der Waals surface area (Å²) in [5.41, 5.74) is 2.78. The number of aliphatic hydroxyl groups excluding tert-OH is 1. The van der Waals surface area contributed by atoms with E-state index in [9.17, 15) is 14.7 Å². The Kier molecular flexibility index (Phi) is 11.9. The number of hydrogen-bond acceptors (Lipinski definition) is 10. The molecule has 3 aliphatic carbocycles. The summed E-state index contributed by atoms with van der Waals surface area (Å²) >= 11 is 1.71. The summed E-state index contributed by atoms with van der Waals surface area (Å²) in [6, 6.07) is 8.10. The van der Waals surface area contributed by atoms with Gasteiger partial charge in [0.1, 0.15) is 23.0 Å². The molecule has 0 radical (unpaired) electrons. The van der Waals surface area contributed by atoms with Crippen LogP contribution in [-0.4, -0.2) is 73.9 Å². The maximum atomic E-state index is 14.2. The van der Waals surface area contributed by atoms with Crippen molar-refractivity contribution < 1.29 is 38.4 Å². The van der Waals surface area contributed by atoms with Gasteiger partial charge >= 0.3 is 5.97 Å². The highest BCUT2D eigenvalue weighted by Gasteiger charge is 2.56. The van der Waals surface area contributed by atoms with E-state index >= 15 is 0 Å². The molecule has 268 valence electrons. The first-order valence-electron chi connectivity index (χ1n) is 18.3. The number of fused-ring (bicyclic) bond motifs is 8. The maximum absolute atomic E-state index is 14.2. The molecule has 1 saturated carbocycles. The van der Waals surface area contributed by atoms with Crippen LogP contribution < -0.4 is 4.74 Å². The molecule has 0 bridgehead atoms. The Bertz CT molecular complexity index is 1470. The zero-order chi connectivity index (χ0) is 34.7. The number of cyclic esters (lactones) is 1. The zero-order valence-electron chi connectivity index (χ0n) is 29.6. The van der Waals surface area contributed by atoms with Crippen molar-refractivity contribution in [2.45, 2.75) is 115 Å². The number of benzene rings is 1. The number of aromatic nitrogens is 1. The molecular formula is C39H53NO8S. The van der Waals surface area contributed by atoms with Gasteiger partial charge in [-0.25, -0.2) is 4.98 Å². The minimum atomic E-state index is -1.13. The fraction of sp³-hybridized carbons (Fsp3) is 0.667. The second-order valence-corrected chi connectivity index (χ2v) is 15.4. The van der Waals surface area contributed by atoms with Crippen molar-refractivity contribution in [1.29, 1.82) is 0 Å². The van der Waals surface area contributed by atoms with E-state index in [1.165, 1.54) is 4.88 Å². The molecule has 3 unspecified atom stereocenters. The van der Waals surface area contributed by atoms with Crippen molar-refractivity contribution in [3.05, 3.63) is 46.5 Å². The summed E-state index contributed by atoms with van der Waals surface area (Å²) in [4.78, 5) is 34.3. The molecule has 0 spiro atoms. The lowest BCUT2D eigenvalue weighted by Crippen LogP contribution is -2.36. The first-order chi connectivity index (χ1) is 23.8. The van der Waals surface area contributed by atoms with Crippen LogP contribution in [0.1, 0.15) is 101 Å². The molecule has 49 heavy (non-hydrogen) atoms. The summed E-state index contributed by atoms with van der Waals surface area (Å²) in [6.45, 7) is 7.08. The normalized spacial score (nSPS) is 31.3. The predicted molar refractivity (Wildman–Crippen MR) is 188 cm³/mol. The number of carbonyl (C=O) groups excluding carboxylic acids is 2. The molecule has 1 N–H and O–H groups in total. The zero-order valence-corrected chi connectivity index (χ0v) is 30.4. The van der Waals surface area contributed by atoms with Crippen molar-refractivity contribution in [3.8, 4) is 16.3 Å². The van der Waals surface area contributed by atoms with E-state index in [4.69, 9.17) is 28.7 Å². The standard InChI is InChI=1S/C39H53NO8S/c1-6-16-46-25-14-12-23(13-15-25)38-40-35-34-28(27-17-26(18-31(27)37(35)49-38)48-39(43)32(45-5)21-44-4)19-30-29(34)20-33(41)47-24(7-2)11-9-8-10-22(3)36(30)42/h12-15,19,22,24,26-29,31-32,34,39,43H,6-11,16-18,20-21H2,1-5H3/t22-,24+,26+,27+,28?,29-,31?,32+,34-,39?/m1/s1. The van der Waals surface area contributed by atoms with Gasteiger partial charge in [-0.05, 0) is 86.6 Å². The van der Waals surface area contributed by atoms with Crippen LogP contribution in [0, 0.1) is 23.7 Å². The molecule has 10 heteroatoms. The Morgan fingerprint density at radius 3 is 2.55 bits per heavy atom. The maximum Gasteiger partial charge on any atom is 0.306 e. The summed E-state index contributed by atoms with van der Waals surface area (Å²) in [6.07, 6.45) is 7.05. The average Bonchev–Trinajstić information content (AvgIpc) is 3.82. The average molecular weight is 696 g/mol. The smallest absolute Gasteiger partial charge is 0.306 e. The predicted octanol–water partition coefficient (Wildman–Crippen LogP) is 7.22. The van der Waals surface area contributed by atoms with E-state index in [0.29, 0.717) is 6.61 Å². The molecule has 2 aromatic rings. The van der Waals surface area contributed by atoms with Gasteiger partial charge in [0.25, 0.3) is 0 Å². The monoisotopic (exact) mass is 695 g/mol. The Morgan fingerprint density at radius 1 is 1.06 bits per heavy atom. The lowest BCUT2D eigenvalue weighted by Gasteiger charge is -2.37. The largest absolute Gasteiger partial charge is 0.494 e. The van der Waals surface area contributed by atoms with Gasteiger partial charge < -0.3 is 28.8 Å². The molecule has 1 aromatic carbocycles. The van der Waals surface area contributed by atoms with E-state index in [0.717, 1.165) is 79.0 Å². The van der Waals surface area contributed by atoms with Gasteiger partial charge in [-0.3, -0.25) is 9.59 Å². The van der Waals surface area contributed by atoms with Gasteiger partial charge in [-0.15, -0.1) is 11.3 Å². The van der Waals surface area contributed by atoms with Crippen LogP contribution in [-0.2, 0) is 28.5 Å². The van der Waals surface area contributed by atoms with Crippen LogP contribution in [0.5, 0.6) is 5.75 Å². The molecule has 4 aliphatic rings. The second-order valence-electron chi connectivity index (χ2n) is 14.4. The lowest BCUT2D eigenvalue weighted by molar-refractivity contribution is -0.204. The second kappa shape index (κ2) is 16.1. The van der Waals surface area contributed by atoms with Crippen LogP contribution in [0.15, 0.2) is 35.9 Å². The van der Waals surface area contributed by atoms with Gasteiger partial charge in [0.15, 0.2) is 12.1 Å². The van der Waals surface area contributed by atoms with E-state index in [2.05, 4.69) is 32.1 Å². The summed E-state index contributed by atoms with van der Waals surface area (Å²) in [5.74, 6) is 0.584. The van der Waals surface area contributed by atoms with E-state index in [-0.39, 0.29) is 72.5 Å². The van der Waals surface area contributed by atoms with Crippen molar-refractivity contribution in [2.24, 2.45) is 23.7 Å². The van der Waals surface area contributed by atoms with E-state index in [1.807, 2.05) is 19.1 Å². The first-order valence-corrected chi connectivity index (χ1v) is 19.1. The Morgan fingerprint density at radius 2 is 1.84 bits per heavy atom. The van der Waals surface area contributed by atoms with Crippen molar-refractivity contribution >= 4 is 23.1 Å². The number of carbonyl (C=O) groups is 2. The summed E-state index contributed by atoms with van der Waals surface area (Å²) in [5, 5.41) is 11.9. The van der Waals surface area contributed by atoms with Crippen molar-refractivity contribution in [2.75, 3.05) is 27.4 Å². The molecule has 1 aliphatic heterocycles. The molecule has 10 atom stereocenters. The number of thiazole rings is 1. The first kappa shape index (κ1) is 36.2. The summed E-state index contributed by atoms with van der Waals surface area (Å²) in [7, 11) is 3.11. The minimum absolute atomic E-state index is 0.0243. The third-order valence-corrected chi connectivity index (χ3v) is 12.4. The number of allylic oxidation sites excluding steroid dienone is 2. The number of hydrogen-bond donors (Lipinski definition) is 1. The fourth-order valence-electron chi connectivity index (χ4n) is 8.62. The third kappa shape index (κ3) is 7.69. The van der Waals surface area contributed by atoms with Gasteiger partial charge in [0, 0.05) is 48.3 Å². The molecule has 1 aromatic heterocycles. The van der Waals surface area contributed by atoms with Gasteiger partial charge in [-0.2, -0.15) is 0 Å². The van der Waals surface area contributed by atoms with Gasteiger partial charge in [0.2, 0.25) is 0 Å². The minimum Gasteiger partial charge on any atom is -0.494 e. The Hall–Kier alpha value is -2.63. The lowest BCUT2D eigenvalue weighted by atomic mass is 9.67. The van der Waals surface area contributed by atoms with Crippen LogP contribution in [0.25, 0.3) is 10.6 Å². The molecule has 0 amide bonds. The van der Waals surface area contributed by atoms with Crippen LogP contribution in [0.4, 0.5) is 0 Å². The number of Topliss-reactive ketones (excluding diaryl/α,β-unsaturated/α-hetero) is 1. The molecule has 2 fully saturated rings. The van der Waals surface area contributed by atoms with Gasteiger partial charge in [0.05, 0.1) is 31.4 Å². The quantitative estimate of drug-likeness (QED) is 0.192. The van der Waals surface area contributed by atoms with Crippen LogP contribution in [0.3, 0.4) is 0 Å².